The molecule has 0 aliphatic rings. The molecule has 2 aromatic rings. The third kappa shape index (κ3) is 2.43. The fourth-order valence-electron chi connectivity index (χ4n) is 1.35. The molecule has 0 amide bonds. The van der Waals surface area contributed by atoms with Crippen molar-refractivity contribution in [3.63, 3.8) is 0 Å². The van der Waals surface area contributed by atoms with Gasteiger partial charge in [0.15, 0.2) is 0 Å². The van der Waals surface area contributed by atoms with Crippen LogP contribution >= 0.6 is 0 Å². The normalized spacial score (nSPS) is 9.33. The lowest BCUT2D eigenvalue weighted by molar-refractivity contribution is 1.15. The van der Waals surface area contributed by atoms with Crippen LogP contribution in [0.2, 0.25) is 0 Å². The number of aromatic nitrogens is 2. The van der Waals surface area contributed by atoms with E-state index < -0.39 is 0 Å². The summed E-state index contributed by atoms with van der Waals surface area (Å²) in [5, 5.41) is 4.19. The molecule has 0 atom stereocenters. The van der Waals surface area contributed by atoms with E-state index in [1.54, 1.807) is 6.33 Å². The van der Waals surface area contributed by atoms with Crippen molar-refractivity contribution in [1.82, 2.24) is 9.97 Å². The first kappa shape index (κ1) is 11.4. The van der Waals surface area contributed by atoms with Crippen LogP contribution < -0.4 is 5.32 Å². The van der Waals surface area contributed by atoms with E-state index >= 15 is 0 Å². The largest absolute Gasteiger partial charge is 0.388 e. The molecule has 1 aromatic heterocycles. The Kier molecular flexibility index (Phi) is 4.03. The van der Waals surface area contributed by atoms with Crippen molar-refractivity contribution in [3.8, 4) is 0 Å². The van der Waals surface area contributed by atoms with Crippen LogP contribution in [0, 0.1) is 6.92 Å². The minimum Gasteiger partial charge on any atom is -0.388 e. The minimum atomic E-state index is 0.986. The molecule has 1 heterocycles. The zero-order chi connectivity index (χ0) is 11.3. The first-order chi connectivity index (χ1) is 7.31. The molecule has 3 heteroatoms. The second-order valence-electron chi connectivity index (χ2n) is 2.94. The number of rotatable bonds is 1. The van der Waals surface area contributed by atoms with Gasteiger partial charge in [0.2, 0.25) is 0 Å². The van der Waals surface area contributed by atoms with Crippen molar-refractivity contribution < 1.29 is 0 Å². The molecular formula is C12H17N3. The summed E-state index contributed by atoms with van der Waals surface area (Å²) in [6, 6.07) is 6.08. The topological polar surface area (TPSA) is 37.8 Å². The Morgan fingerprint density at radius 1 is 1.13 bits per heavy atom. The number of benzene rings is 1. The minimum absolute atomic E-state index is 0.986. The summed E-state index contributed by atoms with van der Waals surface area (Å²) in [6.07, 6.45) is 1.59. The highest BCUT2D eigenvalue weighted by Gasteiger charge is 1.98. The standard InChI is InChI=1S/C10H11N3.C2H6/c1-7-9-4-3-8(11-2)5-10(9)13-6-12-7;1-2/h3-6,11H,1-2H3;1-2H3. The molecule has 80 valence electrons. The number of fused-ring (bicyclic) bond motifs is 1. The Morgan fingerprint density at radius 3 is 2.53 bits per heavy atom. The number of nitrogens with one attached hydrogen (secondary N) is 1. The molecule has 2 rings (SSSR count). The Bertz CT molecular complexity index is 438. The maximum atomic E-state index is 4.20. The average molecular weight is 203 g/mol. The van der Waals surface area contributed by atoms with Crippen LogP contribution in [-0.4, -0.2) is 17.0 Å². The highest BCUT2D eigenvalue weighted by molar-refractivity contribution is 5.83. The number of hydrogen-bond acceptors (Lipinski definition) is 3. The van der Waals surface area contributed by atoms with Gasteiger partial charge in [-0.25, -0.2) is 9.97 Å². The van der Waals surface area contributed by atoms with Crippen LogP contribution in [0.15, 0.2) is 24.5 Å². The van der Waals surface area contributed by atoms with Gasteiger partial charge >= 0.3 is 0 Å². The highest BCUT2D eigenvalue weighted by atomic mass is 14.8. The molecule has 0 radical (unpaired) electrons. The molecule has 0 saturated heterocycles. The van der Waals surface area contributed by atoms with Crippen LogP contribution in [0.4, 0.5) is 5.69 Å². The Morgan fingerprint density at radius 2 is 1.87 bits per heavy atom. The predicted octanol–water partition coefficient (Wildman–Crippen LogP) is 3.01. The molecule has 3 nitrogen and oxygen atoms in total. The molecule has 0 spiro atoms. The highest BCUT2D eigenvalue weighted by Crippen LogP contribution is 2.17. The first-order valence-corrected chi connectivity index (χ1v) is 5.20. The van der Waals surface area contributed by atoms with Crippen molar-refractivity contribution in [2.24, 2.45) is 0 Å². The summed E-state index contributed by atoms with van der Waals surface area (Å²) < 4.78 is 0. The average Bonchev–Trinajstić information content (AvgIpc) is 2.31. The van der Waals surface area contributed by atoms with Crippen LogP contribution in [0.25, 0.3) is 10.9 Å². The van der Waals surface area contributed by atoms with E-state index in [1.807, 2.05) is 46.0 Å². The van der Waals surface area contributed by atoms with Gasteiger partial charge in [-0.05, 0) is 25.1 Å². The van der Waals surface area contributed by atoms with Gasteiger partial charge in [-0.3, -0.25) is 0 Å². The van der Waals surface area contributed by atoms with Gasteiger partial charge in [0.25, 0.3) is 0 Å². The van der Waals surface area contributed by atoms with Gasteiger partial charge in [-0.15, -0.1) is 0 Å². The van der Waals surface area contributed by atoms with Gasteiger partial charge in [-0.1, -0.05) is 13.8 Å². The Balaban J connectivity index is 0.000000531. The molecule has 0 aliphatic heterocycles. The van der Waals surface area contributed by atoms with Gasteiger partial charge in [-0.2, -0.15) is 0 Å². The number of hydrogen-bond donors (Lipinski definition) is 1. The zero-order valence-electron chi connectivity index (χ0n) is 9.70. The quantitative estimate of drug-likeness (QED) is 0.774. The van der Waals surface area contributed by atoms with Crippen LogP contribution in [0.1, 0.15) is 19.5 Å². The lowest BCUT2D eigenvalue weighted by Gasteiger charge is -2.02. The van der Waals surface area contributed by atoms with Gasteiger partial charge < -0.3 is 5.32 Å². The van der Waals surface area contributed by atoms with Gasteiger partial charge in [0.05, 0.1) is 5.52 Å². The number of aryl methyl sites for hydroxylation is 1. The SMILES string of the molecule is CC.CNc1ccc2c(C)ncnc2c1. The van der Waals surface area contributed by atoms with E-state index in [0.29, 0.717) is 0 Å². The zero-order valence-corrected chi connectivity index (χ0v) is 9.70. The van der Waals surface area contributed by atoms with E-state index in [9.17, 15) is 0 Å². The fourth-order valence-corrected chi connectivity index (χ4v) is 1.35. The second kappa shape index (κ2) is 5.29. The maximum absolute atomic E-state index is 4.20. The molecular weight excluding hydrogens is 186 g/mol. The molecule has 0 unspecified atom stereocenters. The van der Waals surface area contributed by atoms with E-state index in [4.69, 9.17) is 0 Å². The summed E-state index contributed by atoms with van der Waals surface area (Å²) in [5.41, 5.74) is 3.08. The molecule has 0 fully saturated rings. The lowest BCUT2D eigenvalue weighted by atomic mass is 10.2. The molecule has 1 N–H and O–H groups in total. The molecule has 0 aliphatic carbocycles. The van der Waals surface area contributed by atoms with Crippen molar-refractivity contribution in [2.45, 2.75) is 20.8 Å². The van der Waals surface area contributed by atoms with Gasteiger partial charge in [0.1, 0.15) is 6.33 Å². The summed E-state index contributed by atoms with van der Waals surface area (Å²) in [6.45, 7) is 5.99. The smallest absolute Gasteiger partial charge is 0.116 e. The van der Waals surface area contributed by atoms with Gasteiger partial charge in [0, 0.05) is 23.8 Å². The van der Waals surface area contributed by atoms with Crippen LogP contribution in [0.3, 0.4) is 0 Å². The summed E-state index contributed by atoms with van der Waals surface area (Å²) >= 11 is 0. The van der Waals surface area contributed by atoms with Crippen LogP contribution in [0.5, 0.6) is 0 Å². The van der Waals surface area contributed by atoms with E-state index in [-0.39, 0.29) is 0 Å². The summed E-state index contributed by atoms with van der Waals surface area (Å²) in [7, 11) is 1.90. The Labute approximate surface area is 90.6 Å². The number of nitrogens with zero attached hydrogens (tertiary/aromatic N) is 2. The molecule has 15 heavy (non-hydrogen) atoms. The monoisotopic (exact) mass is 203 g/mol. The van der Waals surface area contributed by atoms with Crippen molar-refractivity contribution in [2.75, 3.05) is 12.4 Å². The van der Waals surface area contributed by atoms with E-state index in [0.717, 1.165) is 22.3 Å². The lowest BCUT2D eigenvalue weighted by Crippen LogP contribution is -1.90. The van der Waals surface area contributed by atoms with Crippen LogP contribution in [-0.2, 0) is 0 Å². The van der Waals surface area contributed by atoms with E-state index in [2.05, 4.69) is 15.3 Å². The third-order valence-electron chi connectivity index (χ3n) is 2.12. The van der Waals surface area contributed by atoms with Crippen molar-refractivity contribution in [1.29, 1.82) is 0 Å². The predicted molar refractivity (Wildman–Crippen MR) is 65.2 cm³/mol. The first-order valence-electron chi connectivity index (χ1n) is 5.20. The molecule has 0 saturated carbocycles. The molecule has 1 aromatic carbocycles. The van der Waals surface area contributed by atoms with Crippen molar-refractivity contribution >= 4 is 16.6 Å². The fraction of sp³-hybridized carbons (Fsp3) is 0.333. The maximum Gasteiger partial charge on any atom is 0.116 e. The van der Waals surface area contributed by atoms with Crippen molar-refractivity contribution in [3.05, 3.63) is 30.2 Å². The summed E-state index contributed by atoms with van der Waals surface area (Å²) in [4.78, 5) is 8.33. The second-order valence-corrected chi connectivity index (χ2v) is 2.94. The third-order valence-corrected chi connectivity index (χ3v) is 2.12. The Hall–Kier alpha value is -1.64. The molecule has 0 bridgehead atoms. The van der Waals surface area contributed by atoms with E-state index in [1.165, 1.54) is 0 Å². The number of anilines is 1. The summed E-state index contributed by atoms with van der Waals surface area (Å²) in [5.74, 6) is 0.